The van der Waals surface area contributed by atoms with Crippen LogP contribution in [0.25, 0.3) is 21.7 Å². The molecule has 0 bridgehead atoms. The van der Waals surface area contributed by atoms with Gasteiger partial charge >= 0.3 is 18.2 Å². The van der Waals surface area contributed by atoms with Gasteiger partial charge in [0.2, 0.25) is 5.88 Å². The molecule has 0 aromatic carbocycles. The number of carbonyl (C=O) groups is 2. The molecule has 3 aromatic heterocycles. The highest BCUT2D eigenvalue weighted by molar-refractivity contribution is 7.13. The van der Waals surface area contributed by atoms with E-state index in [-0.39, 0.29) is 40.0 Å². The van der Waals surface area contributed by atoms with Crippen molar-refractivity contribution in [3.8, 4) is 27.6 Å². The molecule has 0 radical (unpaired) electrons. The summed E-state index contributed by atoms with van der Waals surface area (Å²) >= 11 is 0.802. The second-order valence-electron chi connectivity index (χ2n) is 11.2. The van der Waals surface area contributed by atoms with Gasteiger partial charge in [-0.3, -0.25) is 5.32 Å². The molecule has 0 aliphatic carbocycles. The van der Waals surface area contributed by atoms with Crippen LogP contribution in [0.15, 0.2) is 29.9 Å². The number of carbonyl (C=O) groups excluding carboxylic acids is 2. The van der Waals surface area contributed by atoms with Gasteiger partial charge in [-0.25, -0.2) is 24.5 Å². The Morgan fingerprint density at radius 3 is 2.24 bits per heavy atom. The lowest BCUT2D eigenvalue weighted by Crippen LogP contribution is -2.36. The number of halogens is 3. The van der Waals surface area contributed by atoms with Crippen molar-refractivity contribution >= 4 is 29.2 Å². The number of alkyl halides is 3. The molecule has 3 aromatic rings. The summed E-state index contributed by atoms with van der Waals surface area (Å²) in [7, 11) is 4.04. The molecule has 0 unspecified atom stereocenters. The smallest absolute Gasteiger partial charge is 0.434 e. The van der Waals surface area contributed by atoms with E-state index in [9.17, 15) is 22.8 Å². The average molecular weight is 648 g/mol. The number of aromatic nitrogens is 3. The van der Waals surface area contributed by atoms with Gasteiger partial charge in [-0.1, -0.05) is 0 Å². The molecule has 2 saturated heterocycles. The largest absolute Gasteiger partial charge is 0.474 e. The monoisotopic (exact) mass is 647 g/mol. The van der Waals surface area contributed by atoms with Crippen LogP contribution in [0.4, 0.5) is 23.8 Å². The summed E-state index contributed by atoms with van der Waals surface area (Å²) in [5.41, 5.74) is 0.0738. The molecule has 0 saturated carbocycles. The molecule has 15 heteroatoms. The van der Waals surface area contributed by atoms with Gasteiger partial charge in [0, 0.05) is 67.2 Å². The Balaban J connectivity index is 1.57. The summed E-state index contributed by atoms with van der Waals surface area (Å²) in [6.45, 7) is 5.39. The van der Waals surface area contributed by atoms with E-state index in [1.165, 1.54) is 18.5 Å². The fraction of sp³-hybridized carbons (Fsp3) is 0.500. The van der Waals surface area contributed by atoms with Crippen molar-refractivity contribution in [3.63, 3.8) is 0 Å². The number of hydrogen-bond donors (Lipinski definition) is 2. The van der Waals surface area contributed by atoms with Crippen LogP contribution in [0.2, 0.25) is 0 Å². The summed E-state index contributed by atoms with van der Waals surface area (Å²) in [5.74, 6) is -0.241. The Morgan fingerprint density at radius 2 is 1.62 bits per heavy atom. The molecule has 0 spiro atoms. The number of amides is 2. The van der Waals surface area contributed by atoms with Gasteiger partial charge < -0.3 is 24.6 Å². The second-order valence-corrected chi connectivity index (χ2v) is 12.1. The molecular formula is C30H36F3N7O4S. The number of pyridine rings is 2. The summed E-state index contributed by atoms with van der Waals surface area (Å²) < 4.78 is 52.9. The fourth-order valence-corrected chi connectivity index (χ4v) is 6.05. The molecule has 45 heavy (non-hydrogen) atoms. The number of piperidine rings is 2. The Kier molecular flexibility index (Phi) is 10.2. The highest BCUT2D eigenvalue weighted by Gasteiger charge is 2.34. The standard InChI is InChI=1S/C30H36F3N7O4S/c1-4-34-29(42)38-25-14-22(27-37-24(17-45-27)30(31,32)33)23(16-35-25)21-13-18(28(41)44-20-7-11-40(3)12-8-20)15-36-26(21)43-19-5-9-39(2)10-6-19/h13-17,19-20H,4-12H2,1-3H3,(H2,34,35,38,42). The topological polar surface area (TPSA) is 122 Å². The van der Waals surface area contributed by atoms with E-state index in [2.05, 4.69) is 35.4 Å². The zero-order valence-corrected chi connectivity index (χ0v) is 26.1. The number of ether oxygens (including phenoxy) is 2. The molecule has 2 fully saturated rings. The molecule has 2 N–H and O–H groups in total. The number of likely N-dealkylation sites (tertiary alicyclic amines) is 2. The van der Waals surface area contributed by atoms with E-state index in [1.54, 1.807) is 13.0 Å². The average Bonchev–Trinajstić information content (AvgIpc) is 3.51. The lowest BCUT2D eigenvalue weighted by molar-refractivity contribution is -0.140. The Labute approximate surface area is 263 Å². The Hall–Kier alpha value is -3.82. The molecule has 11 nitrogen and oxygen atoms in total. The number of nitrogens with zero attached hydrogens (tertiary/aromatic N) is 5. The van der Waals surface area contributed by atoms with Crippen LogP contribution in [0.1, 0.15) is 48.7 Å². The van der Waals surface area contributed by atoms with E-state index in [4.69, 9.17) is 9.47 Å². The molecule has 5 rings (SSSR count). The molecule has 2 amide bonds. The van der Waals surface area contributed by atoms with Gasteiger partial charge in [0.1, 0.15) is 23.0 Å². The second kappa shape index (κ2) is 14.1. The quantitative estimate of drug-likeness (QED) is 0.320. The van der Waals surface area contributed by atoms with Crippen molar-refractivity contribution in [2.24, 2.45) is 0 Å². The van der Waals surface area contributed by atoms with Crippen molar-refractivity contribution in [1.29, 1.82) is 0 Å². The van der Waals surface area contributed by atoms with Crippen LogP contribution in [-0.2, 0) is 10.9 Å². The first-order chi connectivity index (χ1) is 21.5. The zero-order valence-electron chi connectivity index (χ0n) is 25.3. The molecule has 0 atom stereocenters. The highest BCUT2D eigenvalue weighted by atomic mass is 32.1. The van der Waals surface area contributed by atoms with Crippen molar-refractivity contribution < 1.29 is 32.2 Å². The van der Waals surface area contributed by atoms with Crippen molar-refractivity contribution in [2.45, 2.75) is 51.0 Å². The maximum Gasteiger partial charge on any atom is 0.434 e. The summed E-state index contributed by atoms with van der Waals surface area (Å²) in [6, 6.07) is 2.50. The van der Waals surface area contributed by atoms with Crippen LogP contribution < -0.4 is 15.4 Å². The first kappa shape index (κ1) is 32.6. The number of hydrogen-bond acceptors (Lipinski definition) is 10. The third kappa shape index (κ3) is 8.27. The van der Waals surface area contributed by atoms with E-state index in [0.717, 1.165) is 55.7 Å². The number of esters is 1. The van der Waals surface area contributed by atoms with Crippen molar-refractivity contribution in [1.82, 2.24) is 30.1 Å². The van der Waals surface area contributed by atoms with E-state index in [1.807, 2.05) is 14.1 Å². The number of urea groups is 1. The van der Waals surface area contributed by atoms with Gasteiger partial charge in [-0.2, -0.15) is 13.2 Å². The van der Waals surface area contributed by atoms with Crippen LogP contribution in [0.5, 0.6) is 5.88 Å². The normalized spacial score (nSPS) is 17.2. The zero-order chi connectivity index (χ0) is 32.1. The van der Waals surface area contributed by atoms with E-state index >= 15 is 0 Å². The van der Waals surface area contributed by atoms with Crippen LogP contribution in [0, 0.1) is 0 Å². The van der Waals surface area contributed by atoms with Crippen LogP contribution in [-0.4, -0.2) is 95.8 Å². The van der Waals surface area contributed by atoms with Crippen molar-refractivity contribution in [2.75, 3.05) is 52.1 Å². The third-order valence-corrected chi connectivity index (χ3v) is 8.64. The maximum absolute atomic E-state index is 13.6. The predicted molar refractivity (Wildman–Crippen MR) is 163 cm³/mol. The SMILES string of the molecule is CCNC(=O)Nc1cc(-c2nc(C(F)(F)F)cs2)c(-c2cc(C(=O)OC3CCN(C)CC3)cnc2OC2CCN(C)CC2)cn1. The fourth-order valence-electron chi connectivity index (χ4n) is 5.20. The first-order valence-electron chi connectivity index (χ1n) is 14.8. The predicted octanol–water partition coefficient (Wildman–Crippen LogP) is 5.15. The van der Waals surface area contributed by atoms with Gasteiger partial charge in [-0.05, 0) is 58.8 Å². The number of nitrogens with one attached hydrogen (secondary N) is 2. The third-order valence-electron chi connectivity index (χ3n) is 7.77. The molecule has 2 aliphatic heterocycles. The minimum Gasteiger partial charge on any atom is -0.474 e. The Morgan fingerprint density at radius 1 is 0.956 bits per heavy atom. The summed E-state index contributed by atoms with van der Waals surface area (Å²) in [4.78, 5) is 42.6. The number of anilines is 1. The van der Waals surface area contributed by atoms with Gasteiger partial charge in [0.25, 0.3) is 0 Å². The molecule has 2 aliphatic rings. The molecule has 242 valence electrons. The number of thiazole rings is 1. The lowest BCUT2D eigenvalue weighted by Gasteiger charge is -2.30. The number of rotatable bonds is 8. The van der Waals surface area contributed by atoms with E-state index in [0.29, 0.717) is 30.5 Å². The van der Waals surface area contributed by atoms with E-state index < -0.39 is 23.9 Å². The minimum absolute atomic E-state index is 0.0446. The minimum atomic E-state index is -4.65. The van der Waals surface area contributed by atoms with Gasteiger partial charge in [-0.15, -0.1) is 11.3 Å². The van der Waals surface area contributed by atoms with Gasteiger partial charge in [0.15, 0.2) is 5.69 Å². The Bertz CT molecular complexity index is 1500. The molecular weight excluding hydrogens is 611 g/mol. The lowest BCUT2D eigenvalue weighted by atomic mass is 10.0. The first-order valence-corrected chi connectivity index (χ1v) is 15.7. The summed E-state index contributed by atoms with van der Waals surface area (Å²) in [6.07, 6.45) is 0.685. The molecule has 5 heterocycles. The summed E-state index contributed by atoms with van der Waals surface area (Å²) in [5, 5.41) is 6.17. The van der Waals surface area contributed by atoms with Crippen LogP contribution >= 0.6 is 11.3 Å². The maximum atomic E-state index is 13.6. The van der Waals surface area contributed by atoms with Crippen molar-refractivity contribution in [3.05, 3.63) is 41.2 Å². The van der Waals surface area contributed by atoms with Gasteiger partial charge in [0.05, 0.1) is 5.56 Å². The van der Waals surface area contributed by atoms with Crippen LogP contribution in [0.3, 0.4) is 0 Å². The highest BCUT2D eigenvalue weighted by Crippen LogP contribution is 2.41.